The molecule has 1 saturated heterocycles. The van der Waals surface area contributed by atoms with Crippen molar-refractivity contribution in [3.05, 3.63) is 53.6 Å². The molecule has 3 heterocycles. The van der Waals surface area contributed by atoms with Crippen molar-refractivity contribution in [1.29, 1.82) is 0 Å². The van der Waals surface area contributed by atoms with Crippen molar-refractivity contribution < 1.29 is 17.9 Å². The summed E-state index contributed by atoms with van der Waals surface area (Å²) in [5, 5.41) is 10.1. The molecule has 0 atom stereocenters. The molecular formula is C26H33N7O4S. The molecule has 0 radical (unpaired) electrons. The van der Waals surface area contributed by atoms with Gasteiger partial charge in [0, 0.05) is 50.5 Å². The number of aromatic nitrogens is 2. The van der Waals surface area contributed by atoms with E-state index in [9.17, 15) is 8.42 Å². The van der Waals surface area contributed by atoms with Crippen LogP contribution in [-0.4, -0.2) is 71.6 Å². The van der Waals surface area contributed by atoms with Gasteiger partial charge in [-0.15, -0.1) is 0 Å². The number of ether oxygens (including phenoxy) is 2. The number of morpholine rings is 1. The van der Waals surface area contributed by atoms with E-state index in [2.05, 4.69) is 31.9 Å². The number of methoxy groups -OCH3 is 1. The van der Waals surface area contributed by atoms with Crippen LogP contribution in [0.4, 0.5) is 34.6 Å². The summed E-state index contributed by atoms with van der Waals surface area (Å²) in [6, 6.07) is 13.4. The average molecular weight is 540 g/mol. The fraction of sp³-hybridized carbons (Fsp3) is 0.385. The number of sulfonamides is 1. The van der Waals surface area contributed by atoms with Crippen molar-refractivity contribution in [2.45, 2.75) is 13.0 Å². The van der Waals surface area contributed by atoms with Gasteiger partial charge in [-0.3, -0.25) is 4.31 Å². The van der Waals surface area contributed by atoms with Crippen LogP contribution in [0.5, 0.6) is 5.75 Å². The minimum Gasteiger partial charge on any atom is -0.494 e. The summed E-state index contributed by atoms with van der Waals surface area (Å²) < 4.78 is 36.7. The molecule has 0 aliphatic carbocycles. The maximum Gasteiger partial charge on any atom is 0.232 e. The highest BCUT2D eigenvalue weighted by Gasteiger charge is 2.21. The second-order valence-corrected chi connectivity index (χ2v) is 11.2. The molecule has 5 rings (SSSR count). The summed E-state index contributed by atoms with van der Waals surface area (Å²) >= 11 is 0. The van der Waals surface area contributed by atoms with Crippen LogP contribution in [0.2, 0.25) is 0 Å². The molecule has 3 aromatic rings. The minimum absolute atomic E-state index is 0.399. The number of para-hydroxylation sites is 1. The van der Waals surface area contributed by atoms with Gasteiger partial charge in [-0.1, -0.05) is 18.2 Å². The summed E-state index contributed by atoms with van der Waals surface area (Å²) in [5.74, 6) is 2.59. The second kappa shape index (κ2) is 10.9. The fourth-order valence-corrected chi connectivity index (χ4v) is 5.16. The molecule has 11 nitrogen and oxygen atoms in total. The van der Waals surface area contributed by atoms with Gasteiger partial charge in [0.25, 0.3) is 0 Å². The summed E-state index contributed by atoms with van der Waals surface area (Å²) in [7, 11) is -0.189. The van der Waals surface area contributed by atoms with E-state index in [1.54, 1.807) is 20.2 Å². The smallest absolute Gasteiger partial charge is 0.232 e. The number of rotatable bonds is 9. The van der Waals surface area contributed by atoms with Crippen LogP contribution in [0.25, 0.3) is 0 Å². The van der Waals surface area contributed by atoms with Gasteiger partial charge < -0.3 is 30.3 Å². The van der Waals surface area contributed by atoms with E-state index in [0.29, 0.717) is 43.0 Å². The Morgan fingerprint density at radius 2 is 1.95 bits per heavy atom. The molecule has 38 heavy (non-hydrogen) atoms. The van der Waals surface area contributed by atoms with Crippen LogP contribution >= 0.6 is 0 Å². The topological polar surface area (TPSA) is 121 Å². The molecule has 1 fully saturated rings. The van der Waals surface area contributed by atoms with Crippen molar-refractivity contribution in [1.82, 2.24) is 9.97 Å². The van der Waals surface area contributed by atoms with Crippen molar-refractivity contribution in [2.24, 2.45) is 0 Å². The zero-order chi connectivity index (χ0) is 26.7. The Morgan fingerprint density at radius 1 is 1.16 bits per heavy atom. The maximum atomic E-state index is 12.1. The lowest BCUT2D eigenvalue weighted by Gasteiger charge is -2.29. The van der Waals surface area contributed by atoms with E-state index in [0.717, 1.165) is 54.4 Å². The molecule has 3 N–H and O–H groups in total. The predicted octanol–water partition coefficient (Wildman–Crippen LogP) is 3.04. The number of hydrogen-bond acceptors (Lipinski definition) is 10. The Hall–Kier alpha value is -3.77. The van der Waals surface area contributed by atoms with Gasteiger partial charge in [0.15, 0.2) is 0 Å². The van der Waals surface area contributed by atoms with Crippen LogP contribution in [-0.2, 0) is 27.7 Å². The van der Waals surface area contributed by atoms with E-state index in [1.165, 1.54) is 10.6 Å². The fourth-order valence-electron chi connectivity index (χ4n) is 4.62. The number of benzene rings is 2. The molecule has 0 bridgehead atoms. The highest BCUT2D eigenvalue weighted by molar-refractivity contribution is 7.92. The third-order valence-corrected chi connectivity index (χ3v) is 7.95. The molecule has 0 amide bonds. The van der Waals surface area contributed by atoms with E-state index < -0.39 is 10.0 Å². The average Bonchev–Trinajstić information content (AvgIpc) is 3.40. The minimum atomic E-state index is -3.39. The maximum absolute atomic E-state index is 12.1. The number of anilines is 6. The predicted molar refractivity (Wildman–Crippen MR) is 151 cm³/mol. The first-order valence-corrected chi connectivity index (χ1v) is 14.4. The van der Waals surface area contributed by atoms with Crippen LogP contribution in [0, 0.1) is 0 Å². The first kappa shape index (κ1) is 25.9. The quantitative estimate of drug-likeness (QED) is 0.374. The molecule has 202 valence electrons. The monoisotopic (exact) mass is 539 g/mol. The highest BCUT2D eigenvalue weighted by atomic mass is 32.2. The highest BCUT2D eigenvalue weighted by Crippen LogP contribution is 2.34. The van der Waals surface area contributed by atoms with Gasteiger partial charge in [0.2, 0.25) is 16.0 Å². The van der Waals surface area contributed by atoms with E-state index in [4.69, 9.17) is 14.5 Å². The van der Waals surface area contributed by atoms with Gasteiger partial charge in [-0.25, -0.2) is 8.42 Å². The van der Waals surface area contributed by atoms with Crippen molar-refractivity contribution in [3.8, 4) is 5.75 Å². The first-order chi connectivity index (χ1) is 18.3. The Balaban J connectivity index is 1.39. The SMILES string of the molecule is COc1cc(N2CCOCC2)ccc1Nc1nc2c(c(NCc3ccccc3N(C)S(C)(=O)=O)n1)CCN2. The molecule has 0 spiro atoms. The van der Waals surface area contributed by atoms with E-state index >= 15 is 0 Å². The lowest BCUT2D eigenvalue weighted by molar-refractivity contribution is 0.122. The molecule has 2 aliphatic rings. The van der Waals surface area contributed by atoms with Crippen LogP contribution in [0.1, 0.15) is 11.1 Å². The molecular weight excluding hydrogens is 506 g/mol. The second-order valence-electron chi connectivity index (χ2n) is 9.22. The van der Waals surface area contributed by atoms with Crippen LogP contribution in [0.3, 0.4) is 0 Å². The van der Waals surface area contributed by atoms with E-state index in [1.807, 2.05) is 30.3 Å². The summed E-state index contributed by atoms with van der Waals surface area (Å²) in [5.41, 5.74) is 4.29. The summed E-state index contributed by atoms with van der Waals surface area (Å²) in [4.78, 5) is 11.7. The number of fused-ring (bicyclic) bond motifs is 1. The third-order valence-electron chi connectivity index (χ3n) is 6.76. The Labute approximate surface area is 223 Å². The zero-order valence-electron chi connectivity index (χ0n) is 21.8. The standard InChI is InChI=1S/C26H33N7O4S/c1-32(38(3,34)35)22-7-5-4-6-18(22)17-28-25-20-10-11-27-24(20)30-26(31-25)29-21-9-8-19(16-23(21)36-2)33-12-14-37-15-13-33/h4-9,16H,10-15,17H2,1-3H3,(H3,27,28,29,30,31). The number of hydrogen-bond donors (Lipinski definition) is 3. The van der Waals surface area contributed by atoms with Gasteiger partial charge in [0.05, 0.1) is 38.0 Å². The van der Waals surface area contributed by atoms with Crippen molar-refractivity contribution >= 4 is 44.7 Å². The molecule has 1 aromatic heterocycles. The van der Waals surface area contributed by atoms with Gasteiger partial charge in [-0.2, -0.15) is 9.97 Å². The zero-order valence-corrected chi connectivity index (χ0v) is 22.6. The van der Waals surface area contributed by atoms with E-state index in [-0.39, 0.29) is 0 Å². The first-order valence-electron chi connectivity index (χ1n) is 12.5. The third kappa shape index (κ3) is 5.55. The lowest BCUT2D eigenvalue weighted by atomic mass is 10.1. The van der Waals surface area contributed by atoms with Crippen molar-refractivity contribution in [2.75, 3.05) is 78.4 Å². The summed E-state index contributed by atoms with van der Waals surface area (Å²) in [6.45, 7) is 4.27. The molecule has 2 aromatic carbocycles. The Kier molecular flexibility index (Phi) is 7.43. The van der Waals surface area contributed by atoms with Crippen molar-refractivity contribution in [3.63, 3.8) is 0 Å². The number of nitrogens with one attached hydrogen (secondary N) is 3. The van der Waals surface area contributed by atoms with Gasteiger partial charge in [0.1, 0.15) is 17.4 Å². The van der Waals surface area contributed by atoms with Crippen LogP contribution < -0.4 is 29.9 Å². The molecule has 12 heteroatoms. The Bertz CT molecular complexity index is 1410. The number of nitrogens with zero attached hydrogens (tertiary/aromatic N) is 4. The molecule has 0 saturated carbocycles. The molecule has 0 unspecified atom stereocenters. The molecule has 2 aliphatic heterocycles. The largest absolute Gasteiger partial charge is 0.494 e. The normalized spacial score (nSPS) is 15.0. The lowest BCUT2D eigenvalue weighted by Crippen LogP contribution is -2.36. The summed E-state index contributed by atoms with van der Waals surface area (Å²) in [6.07, 6.45) is 1.99. The Morgan fingerprint density at radius 3 is 2.71 bits per heavy atom. The van der Waals surface area contributed by atoms with Gasteiger partial charge >= 0.3 is 0 Å². The van der Waals surface area contributed by atoms with Gasteiger partial charge in [-0.05, 0) is 30.2 Å². The van der Waals surface area contributed by atoms with Crippen LogP contribution in [0.15, 0.2) is 42.5 Å².